The molecular weight excluding hydrogens is 220 g/mol. The third-order valence-electron chi connectivity index (χ3n) is 2.15. The Morgan fingerprint density at radius 1 is 1.24 bits per heavy atom. The van der Waals surface area contributed by atoms with E-state index in [9.17, 15) is 4.79 Å². The molecule has 0 aliphatic rings. The van der Waals surface area contributed by atoms with Crippen molar-refractivity contribution < 1.29 is 9.53 Å². The zero-order chi connectivity index (χ0) is 12.3. The van der Waals surface area contributed by atoms with E-state index in [2.05, 4.69) is 24.7 Å². The number of aryl methyl sites for hydroxylation is 1. The van der Waals surface area contributed by atoms with Gasteiger partial charge in [-0.1, -0.05) is 0 Å². The van der Waals surface area contributed by atoms with Crippen LogP contribution in [-0.4, -0.2) is 33.0 Å². The van der Waals surface area contributed by atoms with Gasteiger partial charge in [0, 0.05) is 18.6 Å². The summed E-state index contributed by atoms with van der Waals surface area (Å²) in [7, 11) is 1.29. The first-order chi connectivity index (χ1) is 8.22. The average molecular weight is 230 g/mol. The van der Waals surface area contributed by atoms with Gasteiger partial charge in [-0.2, -0.15) is 0 Å². The Labute approximate surface area is 97.7 Å². The van der Waals surface area contributed by atoms with Crippen LogP contribution in [0, 0.1) is 6.92 Å². The monoisotopic (exact) mass is 230 g/mol. The van der Waals surface area contributed by atoms with Gasteiger partial charge in [-0.05, 0) is 12.5 Å². The summed E-state index contributed by atoms with van der Waals surface area (Å²) < 4.78 is 4.57. The molecule has 0 radical (unpaired) electrons. The average Bonchev–Trinajstić information content (AvgIpc) is 2.39. The molecule has 0 N–H and O–H groups in total. The lowest BCUT2D eigenvalue weighted by atomic mass is 10.2. The molecule has 0 spiro atoms. The van der Waals surface area contributed by atoms with Gasteiger partial charge in [-0.3, -0.25) is 9.97 Å². The molecule has 86 valence electrons. The van der Waals surface area contributed by atoms with E-state index in [0.29, 0.717) is 11.4 Å². The van der Waals surface area contributed by atoms with Gasteiger partial charge in [0.15, 0.2) is 0 Å². The van der Waals surface area contributed by atoms with Gasteiger partial charge < -0.3 is 4.74 Å². The second-order valence-corrected chi connectivity index (χ2v) is 3.31. The number of carbonyl (C=O) groups is 1. The van der Waals surface area contributed by atoms with Crippen LogP contribution in [-0.2, 0) is 4.74 Å². The van der Waals surface area contributed by atoms with Gasteiger partial charge in [0.1, 0.15) is 5.69 Å². The van der Waals surface area contributed by atoms with Gasteiger partial charge >= 0.3 is 5.97 Å². The van der Waals surface area contributed by atoms with Crippen LogP contribution in [0.1, 0.15) is 16.2 Å². The van der Waals surface area contributed by atoms with Crippen LogP contribution in [0.15, 0.2) is 24.8 Å². The molecule has 6 heteroatoms. The van der Waals surface area contributed by atoms with Crippen molar-refractivity contribution in [1.82, 2.24) is 19.9 Å². The number of esters is 1. The van der Waals surface area contributed by atoms with E-state index in [1.165, 1.54) is 7.11 Å². The summed E-state index contributed by atoms with van der Waals surface area (Å²) in [6, 6.07) is 0. The first-order valence-electron chi connectivity index (χ1n) is 4.90. The Kier molecular flexibility index (Phi) is 3.04. The summed E-state index contributed by atoms with van der Waals surface area (Å²) in [6.45, 7) is 1.84. The minimum atomic E-state index is -0.574. The minimum Gasteiger partial charge on any atom is -0.463 e. The summed E-state index contributed by atoms with van der Waals surface area (Å²) in [5.41, 5.74) is 1.99. The molecule has 2 heterocycles. The maximum Gasteiger partial charge on any atom is 0.376 e. The molecule has 0 unspecified atom stereocenters. The highest BCUT2D eigenvalue weighted by atomic mass is 16.5. The number of hydrogen-bond donors (Lipinski definition) is 0. The summed E-state index contributed by atoms with van der Waals surface area (Å²) in [5, 5.41) is 0. The van der Waals surface area contributed by atoms with Crippen LogP contribution in [0.5, 0.6) is 0 Å². The molecule has 2 rings (SSSR count). The normalized spacial score (nSPS) is 10.0. The predicted octanol–water partition coefficient (Wildman–Crippen LogP) is 1.03. The minimum absolute atomic E-state index is 0.0127. The van der Waals surface area contributed by atoms with Crippen LogP contribution in [0.3, 0.4) is 0 Å². The standard InChI is InChI=1S/C11H10N4O2/c1-7-5-14-10(11(16)17-2)15-9(7)8-6-12-3-4-13-8/h3-6H,1-2H3. The Morgan fingerprint density at radius 2 is 2.06 bits per heavy atom. The van der Waals surface area contributed by atoms with E-state index in [1.54, 1.807) is 24.8 Å². The van der Waals surface area contributed by atoms with E-state index in [0.717, 1.165) is 5.56 Å². The predicted molar refractivity (Wildman–Crippen MR) is 59.1 cm³/mol. The number of nitrogens with zero attached hydrogens (tertiary/aromatic N) is 4. The van der Waals surface area contributed by atoms with Gasteiger partial charge in [0.25, 0.3) is 0 Å². The van der Waals surface area contributed by atoms with E-state index in [1.807, 2.05) is 6.92 Å². The Morgan fingerprint density at radius 3 is 2.71 bits per heavy atom. The quantitative estimate of drug-likeness (QED) is 0.717. The van der Waals surface area contributed by atoms with E-state index in [4.69, 9.17) is 0 Å². The van der Waals surface area contributed by atoms with Crippen LogP contribution in [0.25, 0.3) is 11.4 Å². The molecular formula is C11H10N4O2. The zero-order valence-corrected chi connectivity index (χ0v) is 9.41. The molecule has 2 aromatic heterocycles. The first-order valence-corrected chi connectivity index (χ1v) is 4.90. The van der Waals surface area contributed by atoms with Crippen LogP contribution < -0.4 is 0 Å². The number of rotatable bonds is 2. The fourth-order valence-electron chi connectivity index (χ4n) is 1.31. The molecule has 0 saturated carbocycles. The number of ether oxygens (including phenoxy) is 1. The fourth-order valence-corrected chi connectivity index (χ4v) is 1.31. The zero-order valence-electron chi connectivity index (χ0n) is 9.41. The van der Waals surface area contributed by atoms with E-state index >= 15 is 0 Å². The van der Waals surface area contributed by atoms with Crippen molar-refractivity contribution in [3.05, 3.63) is 36.2 Å². The third-order valence-corrected chi connectivity index (χ3v) is 2.15. The summed E-state index contributed by atoms with van der Waals surface area (Å²) in [5.74, 6) is -0.561. The number of methoxy groups -OCH3 is 1. The van der Waals surface area contributed by atoms with Crippen molar-refractivity contribution in [2.45, 2.75) is 6.92 Å². The van der Waals surface area contributed by atoms with Crippen molar-refractivity contribution >= 4 is 5.97 Å². The smallest absolute Gasteiger partial charge is 0.376 e. The van der Waals surface area contributed by atoms with Crippen LogP contribution >= 0.6 is 0 Å². The van der Waals surface area contributed by atoms with Crippen molar-refractivity contribution in [2.24, 2.45) is 0 Å². The highest BCUT2D eigenvalue weighted by Gasteiger charge is 2.13. The van der Waals surface area contributed by atoms with Crippen molar-refractivity contribution in [1.29, 1.82) is 0 Å². The molecule has 6 nitrogen and oxygen atoms in total. The largest absolute Gasteiger partial charge is 0.463 e. The van der Waals surface area contributed by atoms with Gasteiger partial charge in [0.05, 0.1) is 19.0 Å². The number of carbonyl (C=O) groups excluding carboxylic acids is 1. The Balaban J connectivity index is 2.50. The molecule has 17 heavy (non-hydrogen) atoms. The lowest BCUT2D eigenvalue weighted by Gasteiger charge is -2.04. The first kappa shape index (κ1) is 11.1. The van der Waals surface area contributed by atoms with E-state index < -0.39 is 5.97 Å². The number of aromatic nitrogens is 4. The SMILES string of the molecule is COC(=O)c1ncc(C)c(-c2cnccn2)n1. The molecule has 0 aromatic carbocycles. The topological polar surface area (TPSA) is 77.9 Å². The van der Waals surface area contributed by atoms with Crippen LogP contribution in [0.2, 0.25) is 0 Å². The molecule has 0 fully saturated rings. The third kappa shape index (κ3) is 2.25. The van der Waals surface area contributed by atoms with Crippen LogP contribution in [0.4, 0.5) is 0 Å². The summed E-state index contributed by atoms with van der Waals surface area (Å²) >= 11 is 0. The molecule has 0 amide bonds. The summed E-state index contributed by atoms with van der Waals surface area (Å²) in [4.78, 5) is 27.4. The molecule has 0 saturated heterocycles. The number of hydrogen-bond acceptors (Lipinski definition) is 6. The highest BCUT2D eigenvalue weighted by Crippen LogP contribution is 2.16. The molecule has 0 aliphatic heterocycles. The Hall–Kier alpha value is -2.37. The Bertz CT molecular complexity index is 542. The molecule has 0 aliphatic carbocycles. The highest BCUT2D eigenvalue weighted by molar-refractivity contribution is 5.85. The molecule has 0 bridgehead atoms. The maximum absolute atomic E-state index is 11.3. The fraction of sp³-hybridized carbons (Fsp3) is 0.182. The van der Waals surface area contributed by atoms with E-state index in [-0.39, 0.29) is 5.82 Å². The van der Waals surface area contributed by atoms with Gasteiger partial charge in [-0.15, -0.1) is 0 Å². The van der Waals surface area contributed by atoms with Gasteiger partial charge in [0.2, 0.25) is 5.82 Å². The molecule has 2 aromatic rings. The summed E-state index contributed by atoms with van der Waals surface area (Å²) in [6.07, 6.45) is 6.27. The van der Waals surface area contributed by atoms with Crippen molar-refractivity contribution in [2.75, 3.05) is 7.11 Å². The lowest BCUT2D eigenvalue weighted by Crippen LogP contribution is -2.09. The van der Waals surface area contributed by atoms with Gasteiger partial charge in [-0.25, -0.2) is 14.8 Å². The lowest BCUT2D eigenvalue weighted by molar-refractivity contribution is 0.0587. The maximum atomic E-state index is 11.3. The van der Waals surface area contributed by atoms with Crippen molar-refractivity contribution in [3.8, 4) is 11.4 Å². The second-order valence-electron chi connectivity index (χ2n) is 3.31. The van der Waals surface area contributed by atoms with Crippen molar-refractivity contribution in [3.63, 3.8) is 0 Å². The molecule has 0 atom stereocenters. The second kappa shape index (κ2) is 4.65.